The first-order valence-corrected chi connectivity index (χ1v) is 4.04. The number of carbonyl (C=O) groups is 1. The van der Waals surface area contributed by atoms with Crippen LogP contribution >= 0.6 is 0 Å². The van der Waals surface area contributed by atoms with E-state index < -0.39 is 0 Å². The van der Waals surface area contributed by atoms with Crippen molar-refractivity contribution >= 4 is 5.91 Å². The summed E-state index contributed by atoms with van der Waals surface area (Å²) >= 11 is 0. The van der Waals surface area contributed by atoms with Gasteiger partial charge in [-0.2, -0.15) is 0 Å². The lowest BCUT2D eigenvalue weighted by atomic mass is 10.4. The number of hydrogen-bond donors (Lipinski definition) is 1. The monoisotopic (exact) mass is 174 g/mol. The highest BCUT2D eigenvalue weighted by Crippen LogP contribution is 1.89. The van der Waals surface area contributed by atoms with Gasteiger partial charge in [0.05, 0.1) is 6.10 Å². The van der Waals surface area contributed by atoms with Crippen LogP contribution in [0.4, 0.5) is 0 Å². The van der Waals surface area contributed by atoms with Gasteiger partial charge in [-0.15, -0.1) is 0 Å². The van der Waals surface area contributed by atoms with E-state index in [1.54, 1.807) is 14.1 Å². The number of hydrogen-bond acceptors (Lipinski definition) is 3. The summed E-state index contributed by atoms with van der Waals surface area (Å²) in [4.78, 5) is 12.6. The molecule has 1 amide bonds. The fourth-order valence-corrected chi connectivity index (χ4v) is 0.689. The molecule has 0 aliphatic rings. The molecule has 1 atom stereocenters. The average molecular weight is 174 g/mol. The summed E-state index contributed by atoms with van der Waals surface area (Å²) in [6.07, 6.45) is 0.0823. The Morgan fingerprint density at radius 2 is 2.17 bits per heavy atom. The van der Waals surface area contributed by atoms with Crippen molar-refractivity contribution in [3.8, 4) is 0 Å². The molecule has 0 bridgehead atoms. The lowest BCUT2D eigenvalue weighted by molar-refractivity contribution is -0.135. The van der Waals surface area contributed by atoms with E-state index >= 15 is 0 Å². The highest BCUT2D eigenvalue weighted by Gasteiger charge is 2.06. The molecular formula is C8H18N2O2. The molecule has 1 N–H and O–H groups in total. The summed E-state index contributed by atoms with van der Waals surface area (Å²) in [6, 6.07) is 0. The molecule has 4 nitrogen and oxygen atoms in total. The number of carbonyl (C=O) groups excluding carboxylic acids is 1. The van der Waals surface area contributed by atoms with Gasteiger partial charge in [0.2, 0.25) is 5.91 Å². The Hall–Kier alpha value is -0.610. The number of likely N-dealkylation sites (N-methyl/N-ethyl adjacent to an activating group) is 2. The van der Waals surface area contributed by atoms with Crippen molar-refractivity contribution in [3.05, 3.63) is 0 Å². The van der Waals surface area contributed by atoms with E-state index in [9.17, 15) is 4.79 Å². The third-order valence-electron chi connectivity index (χ3n) is 1.48. The van der Waals surface area contributed by atoms with Crippen LogP contribution in [0.1, 0.15) is 6.92 Å². The predicted molar refractivity (Wildman–Crippen MR) is 48.0 cm³/mol. The average Bonchev–Trinajstić information content (AvgIpc) is 2.00. The van der Waals surface area contributed by atoms with Gasteiger partial charge in [-0.05, 0) is 14.0 Å². The molecule has 0 radical (unpaired) electrons. The van der Waals surface area contributed by atoms with Crippen LogP contribution in [0.15, 0.2) is 0 Å². The second-order valence-electron chi connectivity index (χ2n) is 2.97. The van der Waals surface area contributed by atoms with E-state index in [4.69, 9.17) is 4.74 Å². The minimum absolute atomic E-state index is 0.00190. The summed E-state index contributed by atoms with van der Waals surface area (Å²) in [5.41, 5.74) is 0. The second kappa shape index (κ2) is 5.97. The molecule has 72 valence electrons. The quantitative estimate of drug-likeness (QED) is 0.622. The molecule has 0 saturated carbocycles. The number of rotatable bonds is 5. The van der Waals surface area contributed by atoms with Gasteiger partial charge in [0.25, 0.3) is 0 Å². The maximum absolute atomic E-state index is 11.0. The molecular weight excluding hydrogens is 156 g/mol. The zero-order valence-corrected chi connectivity index (χ0v) is 8.26. The van der Waals surface area contributed by atoms with Gasteiger partial charge in [0, 0.05) is 20.6 Å². The first kappa shape index (κ1) is 11.4. The zero-order chi connectivity index (χ0) is 9.56. The largest absolute Gasteiger partial charge is 0.367 e. The highest BCUT2D eigenvalue weighted by molar-refractivity contribution is 5.76. The van der Waals surface area contributed by atoms with Crippen LogP contribution in [0, 0.1) is 0 Å². The second-order valence-corrected chi connectivity index (χ2v) is 2.97. The van der Waals surface area contributed by atoms with Crippen LogP contribution in [0.25, 0.3) is 0 Å². The van der Waals surface area contributed by atoms with Gasteiger partial charge >= 0.3 is 0 Å². The molecule has 4 heteroatoms. The molecule has 0 aromatic carbocycles. The fourth-order valence-electron chi connectivity index (χ4n) is 0.689. The summed E-state index contributed by atoms with van der Waals surface area (Å²) in [6.45, 7) is 2.86. The van der Waals surface area contributed by atoms with Gasteiger partial charge in [0.1, 0.15) is 6.61 Å². The molecule has 0 fully saturated rings. The summed E-state index contributed by atoms with van der Waals surface area (Å²) < 4.78 is 5.25. The minimum Gasteiger partial charge on any atom is -0.367 e. The molecule has 0 aromatic heterocycles. The Morgan fingerprint density at radius 3 is 2.58 bits per heavy atom. The number of nitrogens with zero attached hydrogens (tertiary/aromatic N) is 1. The molecule has 0 aliphatic carbocycles. The third-order valence-corrected chi connectivity index (χ3v) is 1.48. The predicted octanol–water partition coefficient (Wildman–Crippen LogP) is -0.301. The smallest absolute Gasteiger partial charge is 0.248 e. The van der Waals surface area contributed by atoms with Crippen molar-refractivity contribution < 1.29 is 9.53 Å². The van der Waals surface area contributed by atoms with E-state index in [0.29, 0.717) is 0 Å². The third kappa shape index (κ3) is 5.09. The summed E-state index contributed by atoms with van der Waals surface area (Å²) in [5, 5.41) is 2.97. The summed E-state index contributed by atoms with van der Waals surface area (Å²) in [5.74, 6) is -0.00190. The molecule has 0 saturated heterocycles. The Balaban J connectivity index is 3.47. The molecule has 0 aromatic rings. The Morgan fingerprint density at radius 1 is 1.58 bits per heavy atom. The molecule has 0 aliphatic heterocycles. The molecule has 0 rings (SSSR count). The molecule has 0 spiro atoms. The van der Waals surface area contributed by atoms with E-state index in [0.717, 1.165) is 6.54 Å². The number of nitrogens with one attached hydrogen (secondary N) is 1. The highest BCUT2D eigenvalue weighted by atomic mass is 16.5. The van der Waals surface area contributed by atoms with E-state index in [1.165, 1.54) is 4.90 Å². The van der Waals surface area contributed by atoms with Crippen LogP contribution in [0.2, 0.25) is 0 Å². The lowest BCUT2D eigenvalue weighted by Gasteiger charge is -2.14. The maximum atomic E-state index is 11.0. The van der Waals surface area contributed by atoms with E-state index in [1.807, 2.05) is 14.0 Å². The normalized spacial score (nSPS) is 12.7. The molecule has 12 heavy (non-hydrogen) atoms. The van der Waals surface area contributed by atoms with Crippen LogP contribution < -0.4 is 5.32 Å². The van der Waals surface area contributed by atoms with E-state index in [-0.39, 0.29) is 18.6 Å². The van der Waals surface area contributed by atoms with Gasteiger partial charge in [-0.1, -0.05) is 0 Å². The van der Waals surface area contributed by atoms with Crippen LogP contribution in [-0.4, -0.2) is 51.2 Å². The van der Waals surface area contributed by atoms with Crippen molar-refractivity contribution in [1.82, 2.24) is 10.2 Å². The number of amides is 1. The van der Waals surface area contributed by atoms with Crippen molar-refractivity contribution in [2.24, 2.45) is 0 Å². The van der Waals surface area contributed by atoms with Crippen molar-refractivity contribution in [2.75, 3.05) is 34.3 Å². The zero-order valence-electron chi connectivity index (χ0n) is 8.26. The maximum Gasteiger partial charge on any atom is 0.248 e. The van der Waals surface area contributed by atoms with Crippen molar-refractivity contribution in [1.29, 1.82) is 0 Å². The molecule has 0 heterocycles. The Kier molecular flexibility index (Phi) is 5.66. The van der Waals surface area contributed by atoms with Crippen molar-refractivity contribution in [2.45, 2.75) is 13.0 Å². The first-order chi connectivity index (χ1) is 5.57. The SMILES string of the molecule is CNCC(C)OCC(=O)N(C)C. The number of ether oxygens (including phenoxy) is 1. The van der Waals surface area contributed by atoms with Crippen LogP contribution in [-0.2, 0) is 9.53 Å². The van der Waals surface area contributed by atoms with Crippen molar-refractivity contribution in [3.63, 3.8) is 0 Å². The van der Waals surface area contributed by atoms with Gasteiger partial charge in [0.15, 0.2) is 0 Å². The van der Waals surface area contributed by atoms with Gasteiger partial charge in [-0.3, -0.25) is 4.79 Å². The van der Waals surface area contributed by atoms with Gasteiger partial charge in [-0.25, -0.2) is 0 Å². The Labute approximate surface area is 73.9 Å². The topological polar surface area (TPSA) is 41.6 Å². The van der Waals surface area contributed by atoms with Crippen LogP contribution in [0.5, 0.6) is 0 Å². The van der Waals surface area contributed by atoms with Gasteiger partial charge < -0.3 is 15.0 Å². The lowest BCUT2D eigenvalue weighted by Crippen LogP contribution is -2.31. The summed E-state index contributed by atoms with van der Waals surface area (Å²) in [7, 11) is 5.29. The molecule has 1 unspecified atom stereocenters. The standard InChI is InChI=1S/C8H18N2O2/c1-7(5-9-2)12-6-8(11)10(3)4/h7,9H,5-6H2,1-4H3. The Bertz CT molecular complexity index is 137. The fraction of sp³-hybridized carbons (Fsp3) is 0.875. The first-order valence-electron chi connectivity index (χ1n) is 4.04. The van der Waals surface area contributed by atoms with E-state index in [2.05, 4.69) is 5.32 Å². The van der Waals surface area contributed by atoms with Crippen LogP contribution in [0.3, 0.4) is 0 Å². The minimum atomic E-state index is -0.00190.